The topological polar surface area (TPSA) is 47.6 Å². The molecule has 0 rings (SSSR count). The van der Waals surface area contributed by atoms with E-state index in [2.05, 4.69) is 5.32 Å². The molecular formula is C9H19NO3. The van der Waals surface area contributed by atoms with Gasteiger partial charge in [-0.2, -0.15) is 0 Å². The predicted molar refractivity (Wildman–Crippen MR) is 50.7 cm³/mol. The Morgan fingerprint density at radius 1 is 1.46 bits per heavy atom. The highest BCUT2D eigenvalue weighted by Gasteiger charge is 2.17. The first-order chi connectivity index (χ1) is 5.87. The molecule has 0 saturated carbocycles. The fourth-order valence-corrected chi connectivity index (χ4v) is 0.613. The quantitative estimate of drug-likeness (QED) is 0.729. The van der Waals surface area contributed by atoms with Crippen molar-refractivity contribution in [2.45, 2.75) is 39.4 Å². The normalized spacial score (nSPS) is 11.5. The molecule has 4 heteroatoms. The second kappa shape index (κ2) is 5.07. The Balaban J connectivity index is 3.70. The van der Waals surface area contributed by atoms with Crippen LogP contribution in [0.3, 0.4) is 0 Å². The molecule has 0 radical (unpaired) electrons. The fraction of sp³-hybridized carbons (Fsp3) is 0.889. The van der Waals surface area contributed by atoms with Crippen LogP contribution in [-0.4, -0.2) is 31.5 Å². The van der Waals surface area contributed by atoms with E-state index in [9.17, 15) is 4.79 Å². The van der Waals surface area contributed by atoms with Gasteiger partial charge in [0.2, 0.25) is 0 Å². The highest BCUT2D eigenvalue weighted by molar-refractivity contribution is 5.67. The highest BCUT2D eigenvalue weighted by atomic mass is 16.6. The van der Waals surface area contributed by atoms with Crippen LogP contribution in [0.15, 0.2) is 0 Å². The second-order valence-corrected chi connectivity index (χ2v) is 3.77. The number of carbonyl (C=O) groups excluding carboxylic acids is 1. The molecule has 0 aromatic heterocycles. The van der Waals surface area contributed by atoms with Crippen LogP contribution in [-0.2, 0) is 9.47 Å². The minimum atomic E-state index is -0.403. The van der Waals surface area contributed by atoms with E-state index in [0.717, 1.165) is 0 Å². The molecule has 0 atom stereocenters. The summed E-state index contributed by atoms with van der Waals surface area (Å²) in [5.41, 5.74) is -0.351. The van der Waals surface area contributed by atoms with E-state index >= 15 is 0 Å². The molecule has 1 N–H and O–H groups in total. The van der Waals surface area contributed by atoms with Crippen molar-refractivity contribution in [1.82, 2.24) is 5.32 Å². The van der Waals surface area contributed by atoms with E-state index < -0.39 is 6.09 Å². The minimum absolute atomic E-state index is 0.0920. The summed E-state index contributed by atoms with van der Waals surface area (Å²) in [4.78, 5) is 11.0. The van der Waals surface area contributed by atoms with Crippen LogP contribution in [0.4, 0.5) is 4.79 Å². The Labute approximate surface area is 79.6 Å². The van der Waals surface area contributed by atoms with Crippen LogP contribution >= 0.6 is 0 Å². The van der Waals surface area contributed by atoms with Gasteiger partial charge in [0.1, 0.15) is 0 Å². The van der Waals surface area contributed by atoms with Crippen LogP contribution in [0, 0.1) is 0 Å². The summed E-state index contributed by atoms with van der Waals surface area (Å²) >= 11 is 0. The number of nitrogens with one attached hydrogen (secondary N) is 1. The van der Waals surface area contributed by atoms with Crippen LogP contribution in [0.25, 0.3) is 0 Å². The molecule has 0 spiro atoms. The first-order valence-electron chi connectivity index (χ1n) is 4.37. The fourth-order valence-electron chi connectivity index (χ4n) is 0.613. The van der Waals surface area contributed by atoms with Gasteiger partial charge in [-0.3, -0.25) is 0 Å². The number of amides is 1. The highest BCUT2D eigenvalue weighted by Crippen LogP contribution is 2.04. The van der Waals surface area contributed by atoms with Gasteiger partial charge in [-0.25, -0.2) is 4.79 Å². The zero-order chi connectivity index (χ0) is 10.5. The molecule has 0 aliphatic carbocycles. The standard InChI is InChI=1S/C9H19NO3/c1-7(2)13-8(11)10-6-9(3,4)12-5/h7H,6H2,1-5H3,(H,10,11). The van der Waals surface area contributed by atoms with Crippen molar-refractivity contribution in [3.63, 3.8) is 0 Å². The Bertz CT molecular complexity index is 166. The average Bonchev–Trinajstić information content (AvgIpc) is 2.00. The van der Waals surface area contributed by atoms with Crippen LogP contribution in [0.1, 0.15) is 27.7 Å². The van der Waals surface area contributed by atoms with Crippen LogP contribution in [0.5, 0.6) is 0 Å². The molecule has 0 saturated heterocycles. The van der Waals surface area contributed by atoms with Gasteiger partial charge < -0.3 is 14.8 Å². The molecular weight excluding hydrogens is 170 g/mol. The lowest BCUT2D eigenvalue weighted by Gasteiger charge is -2.23. The number of rotatable bonds is 4. The maximum Gasteiger partial charge on any atom is 0.407 e. The number of hydrogen-bond donors (Lipinski definition) is 1. The van der Waals surface area contributed by atoms with E-state index in [1.165, 1.54) is 0 Å². The van der Waals surface area contributed by atoms with E-state index in [4.69, 9.17) is 9.47 Å². The summed E-state index contributed by atoms with van der Waals surface area (Å²) in [5, 5.41) is 2.62. The lowest BCUT2D eigenvalue weighted by atomic mass is 10.1. The zero-order valence-electron chi connectivity index (χ0n) is 9.01. The summed E-state index contributed by atoms with van der Waals surface area (Å²) in [6.45, 7) is 7.84. The number of hydrogen-bond acceptors (Lipinski definition) is 3. The lowest BCUT2D eigenvalue weighted by molar-refractivity contribution is 0.0209. The predicted octanol–water partition coefficient (Wildman–Crippen LogP) is 1.55. The Kier molecular flexibility index (Phi) is 4.77. The largest absolute Gasteiger partial charge is 0.447 e. The van der Waals surface area contributed by atoms with Crippen molar-refractivity contribution in [1.29, 1.82) is 0 Å². The van der Waals surface area contributed by atoms with E-state index in [-0.39, 0.29) is 11.7 Å². The van der Waals surface area contributed by atoms with Gasteiger partial charge in [0.05, 0.1) is 11.7 Å². The number of alkyl carbamates (subject to hydrolysis) is 1. The average molecular weight is 189 g/mol. The van der Waals surface area contributed by atoms with Crippen molar-refractivity contribution in [3.8, 4) is 0 Å². The molecule has 0 aromatic carbocycles. The molecule has 0 fully saturated rings. The third-order valence-electron chi connectivity index (χ3n) is 1.55. The summed E-state index contributed by atoms with van der Waals surface area (Å²) < 4.78 is 10.0. The monoisotopic (exact) mass is 189 g/mol. The van der Waals surface area contributed by atoms with Crippen molar-refractivity contribution >= 4 is 6.09 Å². The molecule has 13 heavy (non-hydrogen) atoms. The van der Waals surface area contributed by atoms with Gasteiger partial charge in [0, 0.05) is 13.7 Å². The smallest absolute Gasteiger partial charge is 0.407 e. The van der Waals surface area contributed by atoms with Crippen molar-refractivity contribution in [2.75, 3.05) is 13.7 Å². The van der Waals surface area contributed by atoms with Crippen molar-refractivity contribution in [2.24, 2.45) is 0 Å². The zero-order valence-corrected chi connectivity index (χ0v) is 9.01. The third-order valence-corrected chi connectivity index (χ3v) is 1.55. The van der Waals surface area contributed by atoms with Gasteiger partial charge in [-0.1, -0.05) is 0 Å². The summed E-state index contributed by atoms with van der Waals surface area (Å²) in [6, 6.07) is 0. The third kappa shape index (κ3) is 6.40. The molecule has 4 nitrogen and oxygen atoms in total. The van der Waals surface area contributed by atoms with Gasteiger partial charge in [0.15, 0.2) is 0 Å². The van der Waals surface area contributed by atoms with Gasteiger partial charge in [0.25, 0.3) is 0 Å². The number of methoxy groups -OCH3 is 1. The van der Waals surface area contributed by atoms with Gasteiger partial charge >= 0.3 is 6.09 Å². The van der Waals surface area contributed by atoms with Gasteiger partial charge in [-0.15, -0.1) is 0 Å². The SMILES string of the molecule is COC(C)(C)CNC(=O)OC(C)C. The molecule has 78 valence electrons. The Morgan fingerprint density at radius 3 is 2.38 bits per heavy atom. The molecule has 0 unspecified atom stereocenters. The van der Waals surface area contributed by atoms with E-state index in [1.54, 1.807) is 21.0 Å². The van der Waals surface area contributed by atoms with Gasteiger partial charge in [-0.05, 0) is 27.7 Å². The number of carbonyl (C=O) groups is 1. The summed E-state index contributed by atoms with van der Waals surface area (Å²) in [6.07, 6.45) is -0.495. The maximum absolute atomic E-state index is 11.0. The first-order valence-corrected chi connectivity index (χ1v) is 4.37. The number of ether oxygens (including phenoxy) is 2. The summed E-state index contributed by atoms with van der Waals surface area (Å²) in [5.74, 6) is 0. The van der Waals surface area contributed by atoms with Crippen LogP contribution < -0.4 is 5.32 Å². The molecule has 0 aliphatic rings. The molecule has 1 amide bonds. The molecule has 0 heterocycles. The van der Waals surface area contributed by atoms with E-state index in [0.29, 0.717) is 6.54 Å². The molecule has 0 bridgehead atoms. The first kappa shape index (κ1) is 12.2. The Morgan fingerprint density at radius 2 is 2.00 bits per heavy atom. The van der Waals surface area contributed by atoms with Crippen molar-refractivity contribution in [3.05, 3.63) is 0 Å². The van der Waals surface area contributed by atoms with Crippen molar-refractivity contribution < 1.29 is 14.3 Å². The molecule has 0 aromatic rings. The lowest BCUT2D eigenvalue weighted by Crippen LogP contribution is -2.40. The Hall–Kier alpha value is -0.770. The minimum Gasteiger partial charge on any atom is -0.447 e. The maximum atomic E-state index is 11.0. The van der Waals surface area contributed by atoms with Crippen LogP contribution in [0.2, 0.25) is 0 Å². The summed E-state index contributed by atoms with van der Waals surface area (Å²) in [7, 11) is 1.61. The van der Waals surface area contributed by atoms with E-state index in [1.807, 2.05) is 13.8 Å². The second-order valence-electron chi connectivity index (χ2n) is 3.77. The molecule has 0 aliphatic heterocycles.